The molecule has 0 aromatic rings. The predicted octanol–water partition coefficient (Wildman–Crippen LogP) is 2.50. The molecule has 1 N–H and O–H groups in total. The summed E-state index contributed by atoms with van der Waals surface area (Å²) >= 11 is 0. The van der Waals surface area contributed by atoms with Crippen LogP contribution in [0.1, 0.15) is 51.4 Å². The van der Waals surface area contributed by atoms with E-state index in [1.54, 1.807) is 0 Å². The van der Waals surface area contributed by atoms with Crippen molar-refractivity contribution in [1.29, 1.82) is 0 Å². The van der Waals surface area contributed by atoms with Gasteiger partial charge in [-0.1, -0.05) is 5.16 Å². The molecule has 1 saturated carbocycles. The minimum absolute atomic E-state index is 0.00749. The van der Waals surface area contributed by atoms with Gasteiger partial charge in [-0.15, -0.1) is 0 Å². The van der Waals surface area contributed by atoms with Gasteiger partial charge < -0.3 is 19.4 Å². The number of hydrogen-bond donors (Lipinski definition) is 1. The Morgan fingerprint density at radius 3 is 2.50 bits per heavy atom. The number of ether oxygens (including phenoxy) is 3. The average Bonchev–Trinajstić information content (AvgIpc) is 2.49. The molecule has 5 nitrogen and oxygen atoms in total. The molecule has 1 atom stereocenters. The molecule has 2 aliphatic heterocycles. The second-order valence-corrected chi connectivity index (χ2v) is 6.26. The zero-order chi connectivity index (χ0) is 13.8. The zero-order valence-corrected chi connectivity index (χ0v) is 12.1. The standard InChI is InChI=1S/C15H25NO4/c17-16-12-1-3-13(4-2-12)20-14-5-8-19-15(11-14)6-9-18-10-7-15/h13-14,17H,1-11H2. The molecule has 114 valence electrons. The molecule has 3 aliphatic rings. The van der Waals surface area contributed by atoms with Crippen LogP contribution in [-0.2, 0) is 14.2 Å². The first-order valence-electron chi connectivity index (χ1n) is 7.87. The molecule has 20 heavy (non-hydrogen) atoms. The van der Waals surface area contributed by atoms with E-state index in [9.17, 15) is 0 Å². The Labute approximate surface area is 120 Å². The van der Waals surface area contributed by atoms with Gasteiger partial charge in [-0.3, -0.25) is 0 Å². The molecule has 2 saturated heterocycles. The van der Waals surface area contributed by atoms with Crippen molar-refractivity contribution in [2.45, 2.75) is 69.2 Å². The lowest BCUT2D eigenvalue weighted by atomic mass is 9.85. The third-order valence-electron chi connectivity index (χ3n) is 4.89. The summed E-state index contributed by atoms with van der Waals surface area (Å²) in [5, 5.41) is 12.1. The predicted molar refractivity (Wildman–Crippen MR) is 74.3 cm³/mol. The molecule has 2 heterocycles. The quantitative estimate of drug-likeness (QED) is 0.625. The number of oxime groups is 1. The summed E-state index contributed by atoms with van der Waals surface area (Å²) in [7, 11) is 0. The maximum absolute atomic E-state index is 8.78. The van der Waals surface area contributed by atoms with Gasteiger partial charge in [0.2, 0.25) is 0 Å². The molecule has 0 amide bonds. The molecular formula is C15H25NO4. The van der Waals surface area contributed by atoms with E-state index in [0.29, 0.717) is 12.2 Å². The van der Waals surface area contributed by atoms with Crippen molar-refractivity contribution in [1.82, 2.24) is 0 Å². The van der Waals surface area contributed by atoms with Crippen LogP contribution in [0.4, 0.5) is 0 Å². The number of nitrogens with zero attached hydrogens (tertiary/aromatic N) is 1. The highest BCUT2D eigenvalue weighted by molar-refractivity contribution is 5.84. The summed E-state index contributed by atoms with van der Waals surface area (Å²) in [6.45, 7) is 2.43. The molecule has 1 unspecified atom stereocenters. The second kappa shape index (κ2) is 6.41. The molecule has 0 aromatic heterocycles. The van der Waals surface area contributed by atoms with Crippen molar-refractivity contribution in [3.63, 3.8) is 0 Å². The number of rotatable bonds is 2. The van der Waals surface area contributed by atoms with Crippen LogP contribution in [0.15, 0.2) is 5.16 Å². The lowest BCUT2D eigenvalue weighted by molar-refractivity contribution is -0.179. The van der Waals surface area contributed by atoms with Crippen LogP contribution in [0.2, 0.25) is 0 Å². The first-order chi connectivity index (χ1) is 9.80. The summed E-state index contributed by atoms with van der Waals surface area (Å²) < 4.78 is 17.8. The molecule has 0 radical (unpaired) electrons. The van der Waals surface area contributed by atoms with Gasteiger partial charge in [-0.25, -0.2) is 0 Å². The van der Waals surface area contributed by atoms with E-state index < -0.39 is 0 Å². The SMILES string of the molecule is ON=C1CCC(OC2CCOC3(CCOCC3)C2)CC1. The van der Waals surface area contributed by atoms with Crippen LogP contribution in [0.5, 0.6) is 0 Å². The normalized spacial score (nSPS) is 34.1. The van der Waals surface area contributed by atoms with E-state index in [1.807, 2.05) is 0 Å². The summed E-state index contributed by atoms with van der Waals surface area (Å²) in [5.41, 5.74) is 0.922. The van der Waals surface area contributed by atoms with Crippen LogP contribution < -0.4 is 0 Å². The van der Waals surface area contributed by atoms with E-state index in [0.717, 1.165) is 76.9 Å². The van der Waals surface area contributed by atoms with E-state index in [-0.39, 0.29) is 5.60 Å². The highest BCUT2D eigenvalue weighted by Crippen LogP contribution is 2.36. The third kappa shape index (κ3) is 3.32. The second-order valence-electron chi connectivity index (χ2n) is 6.26. The molecule has 1 spiro atoms. The van der Waals surface area contributed by atoms with Crippen LogP contribution in [0.25, 0.3) is 0 Å². The first kappa shape index (κ1) is 14.3. The molecule has 0 aromatic carbocycles. The van der Waals surface area contributed by atoms with Gasteiger partial charge in [0, 0.05) is 26.2 Å². The Hall–Kier alpha value is -0.650. The van der Waals surface area contributed by atoms with E-state index in [2.05, 4.69) is 5.16 Å². The van der Waals surface area contributed by atoms with Crippen molar-refractivity contribution >= 4 is 5.71 Å². The van der Waals surface area contributed by atoms with Gasteiger partial charge in [-0.2, -0.15) is 0 Å². The van der Waals surface area contributed by atoms with Gasteiger partial charge >= 0.3 is 0 Å². The van der Waals surface area contributed by atoms with E-state index in [1.165, 1.54) is 0 Å². The lowest BCUT2D eigenvalue weighted by Gasteiger charge is -2.44. The Morgan fingerprint density at radius 1 is 1.05 bits per heavy atom. The van der Waals surface area contributed by atoms with Gasteiger partial charge in [-0.05, 0) is 44.9 Å². The van der Waals surface area contributed by atoms with Crippen LogP contribution in [0.3, 0.4) is 0 Å². The Balaban J connectivity index is 1.50. The van der Waals surface area contributed by atoms with Crippen LogP contribution >= 0.6 is 0 Å². The zero-order valence-electron chi connectivity index (χ0n) is 12.1. The monoisotopic (exact) mass is 283 g/mol. The van der Waals surface area contributed by atoms with Crippen molar-refractivity contribution in [3.8, 4) is 0 Å². The fraction of sp³-hybridized carbons (Fsp3) is 0.933. The topological polar surface area (TPSA) is 60.3 Å². The van der Waals surface area contributed by atoms with Gasteiger partial charge in [0.25, 0.3) is 0 Å². The Morgan fingerprint density at radius 2 is 1.80 bits per heavy atom. The van der Waals surface area contributed by atoms with E-state index >= 15 is 0 Å². The minimum atomic E-state index is 0.00749. The third-order valence-corrected chi connectivity index (χ3v) is 4.89. The molecule has 1 aliphatic carbocycles. The highest BCUT2D eigenvalue weighted by Gasteiger charge is 2.40. The van der Waals surface area contributed by atoms with Crippen LogP contribution in [-0.4, -0.2) is 48.5 Å². The summed E-state index contributed by atoms with van der Waals surface area (Å²) in [6, 6.07) is 0. The summed E-state index contributed by atoms with van der Waals surface area (Å²) in [6.07, 6.45) is 8.33. The van der Waals surface area contributed by atoms with E-state index in [4.69, 9.17) is 19.4 Å². The fourth-order valence-corrected chi connectivity index (χ4v) is 3.62. The number of hydrogen-bond acceptors (Lipinski definition) is 5. The molecule has 5 heteroatoms. The molecular weight excluding hydrogens is 258 g/mol. The van der Waals surface area contributed by atoms with Gasteiger partial charge in [0.15, 0.2) is 0 Å². The first-order valence-corrected chi connectivity index (χ1v) is 7.87. The van der Waals surface area contributed by atoms with Crippen molar-refractivity contribution in [2.24, 2.45) is 5.16 Å². The Kier molecular flexibility index (Phi) is 4.58. The van der Waals surface area contributed by atoms with Gasteiger partial charge in [0.1, 0.15) is 0 Å². The molecule has 0 bridgehead atoms. The van der Waals surface area contributed by atoms with Gasteiger partial charge in [0.05, 0.1) is 23.5 Å². The maximum atomic E-state index is 8.78. The summed E-state index contributed by atoms with van der Waals surface area (Å²) in [5.74, 6) is 0. The maximum Gasteiger partial charge on any atom is 0.0751 e. The van der Waals surface area contributed by atoms with Crippen molar-refractivity contribution in [3.05, 3.63) is 0 Å². The smallest absolute Gasteiger partial charge is 0.0751 e. The largest absolute Gasteiger partial charge is 0.411 e. The molecule has 3 rings (SSSR count). The molecule has 3 fully saturated rings. The highest BCUT2D eigenvalue weighted by atomic mass is 16.5. The lowest BCUT2D eigenvalue weighted by Crippen LogP contribution is -2.47. The fourth-order valence-electron chi connectivity index (χ4n) is 3.62. The summed E-state index contributed by atoms with van der Waals surface area (Å²) in [4.78, 5) is 0. The van der Waals surface area contributed by atoms with Crippen LogP contribution in [0, 0.1) is 0 Å². The van der Waals surface area contributed by atoms with Crippen molar-refractivity contribution in [2.75, 3.05) is 19.8 Å². The Bertz CT molecular complexity index is 336. The minimum Gasteiger partial charge on any atom is -0.411 e. The average molecular weight is 283 g/mol. The van der Waals surface area contributed by atoms with Crippen molar-refractivity contribution < 1.29 is 19.4 Å².